The standard InChI is InChI=1S/C9H16O/c1-2-8-5-3-4-6-9(8)7-10/h7-9H,2-6H2,1H3/t8-,9+/m1/s1. The molecule has 0 bridgehead atoms. The predicted molar refractivity (Wildman–Crippen MR) is 41.8 cm³/mol. The van der Waals surface area contributed by atoms with Crippen LogP contribution in [0.4, 0.5) is 0 Å². The van der Waals surface area contributed by atoms with Crippen LogP contribution in [0.5, 0.6) is 0 Å². The van der Waals surface area contributed by atoms with Gasteiger partial charge in [-0.1, -0.05) is 26.2 Å². The Balaban J connectivity index is 2.41. The maximum Gasteiger partial charge on any atom is 0.123 e. The van der Waals surface area contributed by atoms with Crippen molar-refractivity contribution in [1.82, 2.24) is 0 Å². The molecule has 0 saturated heterocycles. The van der Waals surface area contributed by atoms with Gasteiger partial charge in [-0.15, -0.1) is 0 Å². The fourth-order valence-corrected chi connectivity index (χ4v) is 1.92. The molecule has 1 nitrogen and oxygen atoms in total. The smallest absolute Gasteiger partial charge is 0.123 e. The first-order valence-corrected chi connectivity index (χ1v) is 4.33. The summed E-state index contributed by atoms with van der Waals surface area (Å²) in [4.78, 5) is 10.5. The number of hydrogen-bond donors (Lipinski definition) is 0. The van der Waals surface area contributed by atoms with Gasteiger partial charge in [0.15, 0.2) is 0 Å². The van der Waals surface area contributed by atoms with Gasteiger partial charge in [-0.25, -0.2) is 0 Å². The van der Waals surface area contributed by atoms with Crippen LogP contribution < -0.4 is 0 Å². The zero-order chi connectivity index (χ0) is 7.40. The highest BCUT2D eigenvalue weighted by molar-refractivity contribution is 5.54. The SMILES string of the molecule is CC[C@@H]1CCCC[C@H]1C=O. The molecule has 0 aromatic rings. The largest absolute Gasteiger partial charge is 0.303 e. The molecular weight excluding hydrogens is 124 g/mol. The van der Waals surface area contributed by atoms with Crippen molar-refractivity contribution >= 4 is 6.29 Å². The Labute approximate surface area is 62.8 Å². The van der Waals surface area contributed by atoms with E-state index in [2.05, 4.69) is 6.92 Å². The molecule has 0 N–H and O–H groups in total. The molecule has 1 aliphatic carbocycles. The molecule has 1 aliphatic rings. The summed E-state index contributed by atoms with van der Waals surface area (Å²) in [5.74, 6) is 1.09. The summed E-state index contributed by atoms with van der Waals surface area (Å²) in [5.41, 5.74) is 0. The van der Waals surface area contributed by atoms with E-state index in [9.17, 15) is 4.79 Å². The van der Waals surface area contributed by atoms with Crippen molar-refractivity contribution in [3.05, 3.63) is 0 Å². The Morgan fingerprint density at radius 2 is 2.10 bits per heavy atom. The van der Waals surface area contributed by atoms with Crippen LogP contribution in [0.25, 0.3) is 0 Å². The van der Waals surface area contributed by atoms with Gasteiger partial charge in [0, 0.05) is 5.92 Å². The molecule has 2 atom stereocenters. The number of rotatable bonds is 2. The van der Waals surface area contributed by atoms with Gasteiger partial charge in [0.05, 0.1) is 0 Å². The van der Waals surface area contributed by atoms with Crippen molar-refractivity contribution in [3.63, 3.8) is 0 Å². The minimum absolute atomic E-state index is 0.388. The Morgan fingerprint density at radius 1 is 1.40 bits per heavy atom. The van der Waals surface area contributed by atoms with Gasteiger partial charge in [-0.2, -0.15) is 0 Å². The zero-order valence-electron chi connectivity index (χ0n) is 6.68. The summed E-state index contributed by atoms with van der Waals surface area (Å²) in [6.45, 7) is 2.19. The van der Waals surface area contributed by atoms with Crippen LogP contribution in [0.15, 0.2) is 0 Å². The van der Waals surface area contributed by atoms with E-state index < -0.39 is 0 Å². The molecule has 58 valence electrons. The third-order valence-corrected chi connectivity index (χ3v) is 2.67. The summed E-state index contributed by atoms with van der Waals surface area (Å²) in [6.07, 6.45) is 7.36. The molecule has 10 heavy (non-hydrogen) atoms. The molecule has 1 saturated carbocycles. The van der Waals surface area contributed by atoms with Crippen LogP contribution in [-0.2, 0) is 4.79 Å². The van der Waals surface area contributed by atoms with Gasteiger partial charge < -0.3 is 4.79 Å². The first kappa shape index (κ1) is 7.77. The molecule has 0 aromatic carbocycles. The zero-order valence-corrected chi connectivity index (χ0v) is 6.68. The van der Waals surface area contributed by atoms with Gasteiger partial charge in [0.2, 0.25) is 0 Å². The highest BCUT2D eigenvalue weighted by atomic mass is 16.1. The second kappa shape index (κ2) is 3.75. The number of carbonyl (C=O) groups excluding carboxylic acids is 1. The number of aldehydes is 1. The Morgan fingerprint density at radius 3 is 2.60 bits per heavy atom. The van der Waals surface area contributed by atoms with E-state index >= 15 is 0 Å². The third-order valence-electron chi connectivity index (χ3n) is 2.67. The Kier molecular flexibility index (Phi) is 2.91. The summed E-state index contributed by atoms with van der Waals surface area (Å²) in [7, 11) is 0. The van der Waals surface area contributed by atoms with Crippen molar-refractivity contribution in [2.24, 2.45) is 11.8 Å². The second-order valence-electron chi connectivity index (χ2n) is 3.25. The predicted octanol–water partition coefficient (Wildman–Crippen LogP) is 2.40. The lowest BCUT2D eigenvalue weighted by Gasteiger charge is -2.26. The van der Waals surface area contributed by atoms with E-state index in [0.717, 1.165) is 12.7 Å². The molecular formula is C9H16O. The van der Waals surface area contributed by atoms with Crippen molar-refractivity contribution < 1.29 is 4.79 Å². The van der Waals surface area contributed by atoms with E-state index in [4.69, 9.17) is 0 Å². The molecule has 0 radical (unpaired) electrons. The highest BCUT2D eigenvalue weighted by Gasteiger charge is 2.22. The first-order valence-electron chi connectivity index (χ1n) is 4.33. The fourth-order valence-electron chi connectivity index (χ4n) is 1.92. The first-order chi connectivity index (χ1) is 4.88. The molecule has 0 unspecified atom stereocenters. The molecule has 0 spiro atoms. The quantitative estimate of drug-likeness (QED) is 0.538. The van der Waals surface area contributed by atoms with E-state index in [0.29, 0.717) is 11.8 Å². The third kappa shape index (κ3) is 1.59. The van der Waals surface area contributed by atoms with Crippen molar-refractivity contribution in [2.45, 2.75) is 39.0 Å². The maximum absolute atomic E-state index is 10.5. The van der Waals surface area contributed by atoms with E-state index in [-0.39, 0.29) is 0 Å². The van der Waals surface area contributed by atoms with Crippen LogP contribution in [0.1, 0.15) is 39.0 Å². The molecule has 1 heteroatoms. The van der Waals surface area contributed by atoms with E-state index in [1.807, 2.05) is 0 Å². The minimum atomic E-state index is 0.388. The minimum Gasteiger partial charge on any atom is -0.303 e. The fraction of sp³-hybridized carbons (Fsp3) is 0.889. The number of hydrogen-bond acceptors (Lipinski definition) is 1. The highest BCUT2D eigenvalue weighted by Crippen LogP contribution is 2.30. The average Bonchev–Trinajstić information content (AvgIpc) is 2.04. The molecule has 1 rings (SSSR count). The Bertz CT molecular complexity index is 109. The molecule has 0 aromatic heterocycles. The lowest BCUT2D eigenvalue weighted by atomic mass is 9.79. The summed E-state index contributed by atoms with van der Waals surface area (Å²) < 4.78 is 0. The summed E-state index contributed by atoms with van der Waals surface area (Å²) in [5, 5.41) is 0. The van der Waals surface area contributed by atoms with Crippen LogP contribution >= 0.6 is 0 Å². The van der Waals surface area contributed by atoms with E-state index in [1.54, 1.807) is 0 Å². The normalized spacial score (nSPS) is 33.7. The molecule has 1 fully saturated rings. The van der Waals surface area contributed by atoms with Crippen LogP contribution in [0.2, 0.25) is 0 Å². The monoisotopic (exact) mass is 140 g/mol. The van der Waals surface area contributed by atoms with Crippen molar-refractivity contribution in [3.8, 4) is 0 Å². The van der Waals surface area contributed by atoms with Crippen molar-refractivity contribution in [1.29, 1.82) is 0 Å². The lowest BCUT2D eigenvalue weighted by Crippen LogP contribution is -2.19. The lowest BCUT2D eigenvalue weighted by molar-refractivity contribution is -0.113. The van der Waals surface area contributed by atoms with Gasteiger partial charge in [-0.3, -0.25) is 0 Å². The van der Waals surface area contributed by atoms with Gasteiger partial charge in [-0.05, 0) is 18.8 Å². The van der Waals surface area contributed by atoms with Crippen molar-refractivity contribution in [2.75, 3.05) is 0 Å². The maximum atomic E-state index is 10.5. The molecule has 0 aliphatic heterocycles. The van der Waals surface area contributed by atoms with Gasteiger partial charge in [0.1, 0.15) is 6.29 Å². The summed E-state index contributed by atoms with van der Waals surface area (Å²) >= 11 is 0. The van der Waals surface area contributed by atoms with E-state index in [1.165, 1.54) is 25.7 Å². The topological polar surface area (TPSA) is 17.1 Å². The Hall–Kier alpha value is -0.330. The van der Waals surface area contributed by atoms with Gasteiger partial charge in [0.25, 0.3) is 0 Å². The second-order valence-corrected chi connectivity index (χ2v) is 3.25. The van der Waals surface area contributed by atoms with Gasteiger partial charge >= 0.3 is 0 Å². The molecule has 0 amide bonds. The van der Waals surface area contributed by atoms with Crippen LogP contribution in [0.3, 0.4) is 0 Å². The van der Waals surface area contributed by atoms with Crippen LogP contribution in [-0.4, -0.2) is 6.29 Å². The average molecular weight is 140 g/mol. The summed E-state index contributed by atoms with van der Waals surface area (Å²) in [6, 6.07) is 0. The van der Waals surface area contributed by atoms with Crippen LogP contribution in [0, 0.1) is 11.8 Å². The number of carbonyl (C=O) groups is 1. The molecule has 0 heterocycles.